The molecule has 1 aliphatic rings. The number of nitrogens with one attached hydrogen (secondary N) is 4. The standard InChI is InChI=1S/C24H25N7O4/c1-34-21(32)13-26-23(33)17-9-15(10-19-18(17)12-28-31-19)29-24-27-11-14-3-2-4-20(22(14)30-24)35-16-5-7-25-8-6-16/h2-4,9-12,16,25H,5-8,13H2,1H3,(H,26,33)(H,28,31)(H,27,29,30). The van der Waals surface area contributed by atoms with Gasteiger partial charge in [0.15, 0.2) is 0 Å². The number of piperidine rings is 1. The van der Waals surface area contributed by atoms with Gasteiger partial charge in [0.25, 0.3) is 5.91 Å². The Morgan fingerprint density at radius 3 is 2.86 bits per heavy atom. The summed E-state index contributed by atoms with van der Waals surface area (Å²) in [6, 6.07) is 9.26. The maximum atomic E-state index is 12.7. The van der Waals surface area contributed by atoms with Crippen molar-refractivity contribution in [3.63, 3.8) is 0 Å². The summed E-state index contributed by atoms with van der Waals surface area (Å²) in [7, 11) is 1.26. The van der Waals surface area contributed by atoms with E-state index in [1.807, 2.05) is 24.3 Å². The molecule has 0 bridgehead atoms. The summed E-state index contributed by atoms with van der Waals surface area (Å²) in [5, 5.41) is 17.5. The van der Waals surface area contributed by atoms with Crippen LogP contribution < -0.4 is 20.7 Å². The van der Waals surface area contributed by atoms with Crippen molar-refractivity contribution in [1.82, 2.24) is 30.8 Å². The summed E-state index contributed by atoms with van der Waals surface area (Å²) < 4.78 is 10.9. The van der Waals surface area contributed by atoms with Gasteiger partial charge in [-0.2, -0.15) is 5.10 Å². The molecule has 3 heterocycles. The monoisotopic (exact) mass is 475 g/mol. The Balaban J connectivity index is 1.42. The lowest BCUT2D eigenvalue weighted by molar-refractivity contribution is -0.139. The number of hydrogen-bond acceptors (Lipinski definition) is 9. The number of para-hydroxylation sites is 1. The van der Waals surface area contributed by atoms with Crippen LogP contribution in [0.25, 0.3) is 21.8 Å². The number of aromatic amines is 1. The zero-order valence-corrected chi connectivity index (χ0v) is 19.1. The molecule has 1 saturated heterocycles. The van der Waals surface area contributed by atoms with Crippen molar-refractivity contribution in [2.45, 2.75) is 18.9 Å². The lowest BCUT2D eigenvalue weighted by Gasteiger charge is -2.24. The van der Waals surface area contributed by atoms with Crippen LogP contribution in [0, 0.1) is 0 Å². The molecule has 1 aliphatic heterocycles. The smallest absolute Gasteiger partial charge is 0.325 e. The minimum absolute atomic E-state index is 0.141. The van der Waals surface area contributed by atoms with Crippen LogP contribution in [-0.2, 0) is 9.53 Å². The third-order valence-electron chi connectivity index (χ3n) is 5.83. The molecule has 0 spiro atoms. The van der Waals surface area contributed by atoms with Gasteiger partial charge in [0, 0.05) is 22.7 Å². The number of carbonyl (C=O) groups excluding carboxylic acids is 2. The number of nitrogens with zero attached hydrogens (tertiary/aromatic N) is 3. The second-order valence-electron chi connectivity index (χ2n) is 8.19. The largest absolute Gasteiger partial charge is 0.488 e. The first-order valence-corrected chi connectivity index (χ1v) is 11.3. The van der Waals surface area contributed by atoms with E-state index < -0.39 is 11.9 Å². The van der Waals surface area contributed by atoms with E-state index in [9.17, 15) is 9.59 Å². The third-order valence-corrected chi connectivity index (χ3v) is 5.83. The van der Waals surface area contributed by atoms with Crippen molar-refractivity contribution in [3.05, 3.63) is 48.3 Å². The predicted molar refractivity (Wildman–Crippen MR) is 130 cm³/mol. The number of aromatic nitrogens is 4. The van der Waals surface area contributed by atoms with Gasteiger partial charge in [-0.3, -0.25) is 14.7 Å². The van der Waals surface area contributed by atoms with Crippen molar-refractivity contribution >= 4 is 45.3 Å². The van der Waals surface area contributed by atoms with E-state index in [1.54, 1.807) is 18.5 Å². The number of anilines is 2. The lowest BCUT2D eigenvalue weighted by atomic mass is 10.1. The molecule has 180 valence electrons. The lowest BCUT2D eigenvalue weighted by Crippen LogP contribution is -2.34. The summed E-state index contributed by atoms with van der Waals surface area (Å²) >= 11 is 0. The van der Waals surface area contributed by atoms with Crippen molar-refractivity contribution in [3.8, 4) is 5.75 Å². The van der Waals surface area contributed by atoms with Crippen LogP contribution in [0.3, 0.4) is 0 Å². The second kappa shape index (κ2) is 9.94. The molecule has 0 unspecified atom stereocenters. The first-order valence-electron chi connectivity index (χ1n) is 11.3. The zero-order chi connectivity index (χ0) is 24.2. The van der Waals surface area contributed by atoms with Gasteiger partial charge in [-0.1, -0.05) is 12.1 Å². The minimum atomic E-state index is -0.539. The minimum Gasteiger partial charge on any atom is -0.488 e. The highest BCUT2D eigenvalue weighted by Gasteiger charge is 2.18. The SMILES string of the molecule is COC(=O)CNC(=O)c1cc(Nc2ncc3cccc(OC4CCNCC4)c3n2)cc2[nH]ncc12. The number of amides is 1. The highest BCUT2D eigenvalue weighted by molar-refractivity contribution is 6.08. The van der Waals surface area contributed by atoms with Crippen molar-refractivity contribution in [1.29, 1.82) is 0 Å². The summed E-state index contributed by atoms with van der Waals surface area (Å²) in [6.45, 7) is 1.63. The highest BCUT2D eigenvalue weighted by Crippen LogP contribution is 2.28. The van der Waals surface area contributed by atoms with Gasteiger partial charge in [-0.05, 0) is 44.1 Å². The van der Waals surface area contributed by atoms with Crippen LogP contribution in [0.5, 0.6) is 5.75 Å². The Bertz CT molecular complexity index is 1380. The molecular weight excluding hydrogens is 450 g/mol. The predicted octanol–water partition coefficient (Wildman–Crippen LogP) is 2.28. The number of carbonyl (C=O) groups is 2. The molecule has 11 heteroatoms. The Labute approximate surface area is 200 Å². The van der Waals surface area contributed by atoms with Gasteiger partial charge < -0.3 is 25.4 Å². The Hall–Kier alpha value is -4.25. The first kappa shape index (κ1) is 22.5. The first-order chi connectivity index (χ1) is 17.1. The van der Waals surface area contributed by atoms with Crippen LogP contribution in [0.4, 0.5) is 11.6 Å². The molecular formula is C24H25N7O4. The summed E-state index contributed by atoms with van der Waals surface area (Å²) in [5.74, 6) is 0.107. The maximum absolute atomic E-state index is 12.7. The molecule has 2 aromatic carbocycles. The normalized spacial score (nSPS) is 14.1. The summed E-state index contributed by atoms with van der Waals surface area (Å²) in [4.78, 5) is 33.3. The molecule has 35 heavy (non-hydrogen) atoms. The van der Waals surface area contributed by atoms with Crippen molar-refractivity contribution in [2.75, 3.05) is 32.1 Å². The van der Waals surface area contributed by atoms with Gasteiger partial charge in [0.1, 0.15) is 23.9 Å². The number of H-pyrrole nitrogens is 1. The number of benzene rings is 2. The van der Waals surface area contributed by atoms with Crippen LogP contribution >= 0.6 is 0 Å². The average molecular weight is 476 g/mol. The van der Waals surface area contributed by atoms with E-state index >= 15 is 0 Å². The van der Waals surface area contributed by atoms with E-state index in [0.29, 0.717) is 39.4 Å². The van der Waals surface area contributed by atoms with E-state index in [2.05, 4.69) is 35.9 Å². The number of hydrogen-bond donors (Lipinski definition) is 4. The van der Waals surface area contributed by atoms with Crippen molar-refractivity contribution in [2.24, 2.45) is 0 Å². The number of esters is 1. The molecule has 4 N–H and O–H groups in total. The molecule has 0 atom stereocenters. The fourth-order valence-electron chi connectivity index (χ4n) is 4.04. The Kier molecular flexibility index (Phi) is 6.40. The summed E-state index contributed by atoms with van der Waals surface area (Å²) in [5.41, 5.74) is 2.29. The van der Waals surface area contributed by atoms with Crippen LogP contribution in [0.1, 0.15) is 23.2 Å². The Morgan fingerprint density at radius 2 is 2.03 bits per heavy atom. The number of methoxy groups -OCH3 is 1. The molecule has 1 amide bonds. The number of rotatable bonds is 7. The van der Waals surface area contributed by atoms with E-state index in [4.69, 9.17) is 9.72 Å². The molecule has 1 fully saturated rings. The van der Waals surface area contributed by atoms with E-state index in [1.165, 1.54) is 7.11 Å². The molecule has 0 saturated carbocycles. The fourth-order valence-corrected chi connectivity index (χ4v) is 4.04. The molecule has 2 aromatic heterocycles. The van der Waals surface area contributed by atoms with Crippen LogP contribution in [-0.4, -0.2) is 64.9 Å². The summed E-state index contributed by atoms with van der Waals surface area (Å²) in [6.07, 6.45) is 5.32. The van der Waals surface area contributed by atoms with Gasteiger partial charge in [0.2, 0.25) is 5.95 Å². The maximum Gasteiger partial charge on any atom is 0.325 e. The molecule has 11 nitrogen and oxygen atoms in total. The van der Waals surface area contributed by atoms with Gasteiger partial charge in [0.05, 0.1) is 24.4 Å². The Morgan fingerprint density at radius 1 is 1.17 bits per heavy atom. The van der Waals surface area contributed by atoms with Gasteiger partial charge >= 0.3 is 5.97 Å². The second-order valence-corrected chi connectivity index (χ2v) is 8.19. The van der Waals surface area contributed by atoms with Crippen molar-refractivity contribution < 1.29 is 19.1 Å². The number of ether oxygens (including phenoxy) is 2. The van der Waals surface area contributed by atoms with E-state index in [0.717, 1.165) is 31.3 Å². The van der Waals surface area contributed by atoms with E-state index in [-0.39, 0.29) is 12.6 Å². The zero-order valence-electron chi connectivity index (χ0n) is 19.1. The molecule has 4 aromatic rings. The van der Waals surface area contributed by atoms with Crippen LogP contribution in [0.2, 0.25) is 0 Å². The highest BCUT2D eigenvalue weighted by atomic mass is 16.5. The average Bonchev–Trinajstić information content (AvgIpc) is 3.36. The quantitative estimate of drug-likeness (QED) is 0.296. The van der Waals surface area contributed by atoms with Gasteiger partial charge in [-0.25, -0.2) is 9.97 Å². The fraction of sp³-hybridized carbons (Fsp3) is 0.292. The van der Waals surface area contributed by atoms with Crippen LogP contribution in [0.15, 0.2) is 42.7 Å². The number of fused-ring (bicyclic) bond motifs is 2. The van der Waals surface area contributed by atoms with Gasteiger partial charge in [-0.15, -0.1) is 0 Å². The molecule has 0 radical (unpaired) electrons. The topological polar surface area (TPSA) is 143 Å². The molecule has 0 aliphatic carbocycles. The molecule has 5 rings (SSSR count). The third kappa shape index (κ3) is 4.99.